The lowest BCUT2D eigenvalue weighted by molar-refractivity contribution is -0.142. The van der Waals surface area contributed by atoms with Gasteiger partial charge in [0.05, 0.1) is 7.11 Å². The summed E-state index contributed by atoms with van der Waals surface area (Å²) in [5.74, 6) is 0.273. The van der Waals surface area contributed by atoms with Gasteiger partial charge < -0.3 is 9.47 Å². The number of para-hydroxylation sites is 1. The fraction of sp³-hybridized carbons (Fsp3) is 0.250. The molecule has 0 aliphatic heterocycles. The van der Waals surface area contributed by atoms with Crippen LogP contribution in [0, 0.1) is 0 Å². The second-order valence-corrected chi connectivity index (χ2v) is 3.03. The Morgan fingerprint density at radius 1 is 1.47 bits per heavy atom. The Morgan fingerprint density at radius 3 is 2.73 bits per heavy atom. The van der Waals surface area contributed by atoms with Crippen LogP contribution >= 0.6 is 0 Å². The Hall–Kier alpha value is -1.77. The topological polar surface area (TPSA) is 35.5 Å². The molecule has 0 heterocycles. The summed E-state index contributed by atoms with van der Waals surface area (Å²) < 4.78 is 10.3. The number of rotatable bonds is 4. The van der Waals surface area contributed by atoms with Crippen molar-refractivity contribution < 1.29 is 14.3 Å². The zero-order chi connectivity index (χ0) is 11.3. The van der Waals surface area contributed by atoms with Crippen molar-refractivity contribution in [1.29, 1.82) is 0 Å². The van der Waals surface area contributed by atoms with Crippen molar-refractivity contribution in [2.75, 3.05) is 7.11 Å². The molecule has 0 saturated carbocycles. The number of esters is 1. The van der Waals surface area contributed by atoms with Crippen LogP contribution in [-0.4, -0.2) is 13.1 Å². The van der Waals surface area contributed by atoms with Crippen molar-refractivity contribution in [3.05, 3.63) is 42.5 Å². The van der Waals surface area contributed by atoms with Gasteiger partial charge in [-0.05, 0) is 13.0 Å². The zero-order valence-corrected chi connectivity index (χ0v) is 8.90. The first-order valence-electron chi connectivity index (χ1n) is 4.65. The number of hydrogen-bond donors (Lipinski definition) is 0. The Morgan fingerprint density at radius 2 is 2.13 bits per heavy atom. The highest BCUT2D eigenvalue weighted by Crippen LogP contribution is 2.26. The van der Waals surface area contributed by atoms with Crippen molar-refractivity contribution >= 4 is 5.97 Å². The van der Waals surface area contributed by atoms with E-state index in [1.165, 1.54) is 0 Å². The molecule has 0 N–H and O–H groups in total. The fourth-order valence-corrected chi connectivity index (χ4v) is 1.29. The lowest BCUT2D eigenvalue weighted by Gasteiger charge is -2.15. The average molecular weight is 206 g/mol. The lowest BCUT2D eigenvalue weighted by Crippen LogP contribution is -2.07. The molecule has 0 aliphatic carbocycles. The van der Waals surface area contributed by atoms with E-state index in [0.717, 1.165) is 11.6 Å². The van der Waals surface area contributed by atoms with Gasteiger partial charge in [0.15, 0.2) is 0 Å². The number of methoxy groups -OCH3 is 1. The highest BCUT2D eigenvalue weighted by Gasteiger charge is 2.13. The first-order chi connectivity index (χ1) is 7.19. The van der Waals surface area contributed by atoms with Crippen LogP contribution in [0.3, 0.4) is 0 Å². The van der Waals surface area contributed by atoms with E-state index in [2.05, 4.69) is 6.58 Å². The van der Waals surface area contributed by atoms with Gasteiger partial charge in [-0.25, -0.2) is 4.79 Å². The predicted octanol–water partition coefficient (Wildman–Crippen LogP) is 2.49. The van der Waals surface area contributed by atoms with E-state index in [1.807, 2.05) is 24.3 Å². The molecular formula is C12H14O3. The van der Waals surface area contributed by atoms with Crippen LogP contribution in [0.5, 0.6) is 5.75 Å². The van der Waals surface area contributed by atoms with E-state index in [-0.39, 0.29) is 6.10 Å². The lowest BCUT2D eigenvalue weighted by atomic mass is 10.1. The van der Waals surface area contributed by atoms with Crippen LogP contribution in [0.1, 0.15) is 18.6 Å². The predicted molar refractivity (Wildman–Crippen MR) is 57.7 cm³/mol. The third-order valence-corrected chi connectivity index (χ3v) is 2.04. The van der Waals surface area contributed by atoms with E-state index < -0.39 is 5.97 Å². The molecule has 1 aromatic rings. The molecule has 3 nitrogen and oxygen atoms in total. The van der Waals surface area contributed by atoms with E-state index in [9.17, 15) is 4.79 Å². The van der Waals surface area contributed by atoms with Crippen LogP contribution in [0.2, 0.25) is 0 Å². The number of carbonyl (C=O) groups excluding carboxylic acids is 1. The van der Waals surface area contributed by atoms with Crippen molar-refractivity contribution in [1.82, 2.24) is 0 Å². The van der Waals surface area contributed by atoms with Gasteiger partial charge in [-0.2, -0.15) is 0 Å². The third-order valence-electron chi connectivity index (χ3n) is 2.04. The molecule has 80 valence electrons. The van der Waals surface area contributed by atoms with E-state index in [0.29, 0.717) is 5.75 Å². The van der Waals surface area contributed by atoms with Gasteiger partial charge in [0.2, 0.25) is 0 Å². The fourth-order valence-electron chi connectivity index (χ4n) is 1.29. The number of carbonyl (C=O) groups is 1. The summed E-state index contributed by atoms with van der Waals surface area (Å²) in [6.07, 6.45) is 0.804. The van der Waals surface area contributed by atoms with E-state index >= 15 is 0 Å². The maximum Gasteiger partial charge on any atom is 0.330 e. The molecular weight excluding hydrogens is 192 g/mol. The molecule has 0 amide bonds. The number of benzene rings is 1. The quantitative estimate of drug-likeness (QED) is 0.560. The Kier molecular flexibility index (Phi) is 3.92. The van der Waals surface area contributed by atoms with Gasteiger partial charge in [0.25, 0.3) is 0 Å². The largest absolute Gasteiger partial charge is 0.496 e. The van der Waals surface area contributed by atoms with Crippen LogP contribution < -0.4 is 4.74 Å². The highest BCUT2D eigenvalue weighted by molar-refractivity contribution is 5.81. The summed E-state index contributed by atoms with van der Waals surface area (Å²) in [6.45, 7) is 5.14. The molecule has 15 heavy (non-hydrogen) atoms. The summed E-state index contributed by atoms with van der Waals surface area (Å²) in [5.41, 5.74) is 0.843. The van der Waals surface area contributed by atoms with Gasteiger partial charge in [-0.15, -0.1) is 0 Å². The first kappa shape index (κ1) is 11.3. The summed E-state index contributed by atoms with van der Waals surface area (Å²) >= 11 is 0. The maximum atomic E-state index is 11.0. The average Bonchev–Trinajstić information content (AvgIpc) is 2.28. The first-order valence-corrected chi connectivity index (χ1v) is 4.65. The Balaban J connectivity index is 2.85. The number of ether oxygens (including phenoxy) is 2. The minimum atomic E-state index is -0.437. The van der Waals surface area contributed by atoms with Gasteiger partial charge in [0.1, 0.15) is 11.9 Å². The van der Waals surface area contributed by atoms with E-state index in [4.69, 9.17) is 9.47 Å². The van der Waals surface area contributed by atoms with E-state index in [1.54, 1.807) is 14.0 Å². The highest BCUT2D eigenvalue weighted by atomic mass is 16.5. The van der Waals surface area contributed by atoms with Crippen LogP contribution in [0.4, 0.5) is 0 Å². The second kappa shape index (κ2) is 5.20. The van der Waals surface area contributed by atoms with Gasteiger partial charge in [-0.1, -0.05) is 24.8 Å². The second-order valence-electron chi connectivity index (χ2n) is 3.03. The minimum Gasteiger partial charge on any atom is -0.496 e. The summed E-state index contributed by atoms with van der Waals surface area (Å²) in [4.78, 5) is 11.0. The Bertz CT molecular complexity index is 358. The normalized spacial score (nSPS) is 11.6. The molecule has 0 radical (unpaired) electrons. The maximum absolute atomic E-state index is 11.0. The molecule has 1 rings (SSSR count). The number of hydrogen-bond acceptors (Lipinski definition) is 3. The minimum absolute atomic E-state index is 0.341. The zero-order valence-electron chi connectivity index (χ0n) is 8.90. The molecule has 0 fully saturated rings. The van der Waals surface area contributed by atoms with Gasteiger partial charge in [0, 0.05) is 11.6 Å². The molecule has 3 heteroatoms. The molecule has 0 aliphatic rings. The SMILES string of the molecule is C=CC(=O)OC(C)c1ccccc1OC. The summed E-state index contributed by atoms with van der Waals surface area (Å²) in [6, 6.07) is 7.42. The molecule has 0 aromatic heterocycles. The standard InChI is InChI=1S/C12H14O3/c1-4-12(13)15-9(2)10-7-5-6-8-11(10)14-3/h4-9H,1H2,2-3H3. The summed E-state index contributed by atoms with van der Waals surface area (Å²) in [7, 11) is 1.58. The van der Waals surface area contributed by atoms with Crippen molar-refractivity contribution in [3.8, 4) is 5.75 Å². The van der Waals surface area contributed by atoms with Crippen molar-refractivity contribution in [2.45, 2.75) is 13.0 Å². The summed E-state index contributed by atoms with van der Waals surface area (Å²) in [5, 5.41) is 0. The smallest absolute Gasteiger partial charge is 0.330 e. The van der Waals surface area contributed by atoms with Crippen LogP contribution in [0.15, 0.2) is 36.9 Å². The molecule has 0 saturated heterocycles. The molecule has 1 aromatic carbocycles. The Labute approximate surface area is 89.3 Å². The molecule has 1 unspecified atom stereocenters. The molecule has 1 atom stereocenters. The third kappa shape index (κ3) is 2.84. The van der Waals surface area contributed by atoms with Crippen LogP contribution in [-0.2, 0) is 9.53 Å². The van der Waals surface area contributed by atoms with Gasteiger partial charge in [-0.3, -0.25) is 0 Å². The van der Waals surface area contributed by atoms with Crippen molar-refractivity contribution in [3.63, 3.8) is 0 Å². The van der Waals surface area contributed by atoms with Gasteiger partial charge >= 0.3 is 5.97 Å². The van der Waals surface area contributed by atoms with Crippen molar-refractivity contribution in [2.24, 2.45) is 0 Å². The monoisotopic (exact) mass is 206 g/mol. The molecule has 0 bridgehead atoms. The van der Waals surface area contributed by atoms with Crippen LogP contribution in [0.25, 0.3) is 0 Å². The molecule has 0 spiro atoms.